The Balaban J connectivity index is 2.82. The predicted octanol–water partition coefficient (Wildman–Crippen LogP) is 3.58. The molecule has 90 valence electrons. The Bertz CT molecular complexity index is 657. The van der Waals surface area contributed by atoms with E-state index in [-0.39, 0.29) is 5.82 Å². The second-order valence-electron chi connectivity index (χ2n) is 4.08. The highest BCUT2D eigenvalue weighted by Gasteiger charge is 2.15. The van der Waals surface area contributed by atoms with Crippen molar-refractivity contribution in [1.29, 1.82) is 5.26 Å². The van der Waals surface area contributed by atoms with E-state index in [1.807, 2.05) is 38.1 Å². The molecule has 0 saturated carbocycles. The van der Waals surface area contributed by atoms with Crippen LogP contribution in [0.15, 0.2) is 28.7 Å². The van der Waals surface area contributed by atoms with Gasteiger partial charge < -0.3 is 5.73 Å². The average Bonchev–Trinajstić information content (AvgIpc) is 2.33. The fourth-order valence-corrected chi connectivity index (χ4v) is 2.33. The van der Waals surface area contributed by atoms with Crippen LogP contribution in [0.3, 0.4) is 0 Å². The molecule has 0 saturated heterocycles. The van der Waals surface area contributed by atoms with Gasteiger partial charge in [-0.2, -0.15) is 5.26 Å². The number of anilines is 1. The van der Waals surface area contributed by atoms with Gasteiger partial charge >= 0.3 is 0 Å². The number of aromatic nitrogens is 1. The van der Waals surface area contributed by atoms with Crippen LogP contribution in [0.5, 0.6) is 0 Å². The van der Waals surface area contributed by atoms with Crippen molar-refractivity contribution in [2.45, 2.75) is 13.8 Å². The van der Waals surface area contributed by atoms with Crippen molar-refractivity contribution in [3.05, 3.63) is 45.6 Å². The molecule has 0 aliphatic rings. The largest absolute Gasteiger partial charge is 0.383 e. The van der Waals surface area contributed by atoms with E-state index in [2.05, 4.69) is 27.0 Å². The van der Waals surface area contributed by atoms with Crippen LogP contribution in [0.4, 0.5) is 5.82 Å². The number of nitriles is 1. The van der Waals surface area contributed by atoms with Crippen molar-refractivity contribution < 1.29 is 0 Å². The van der Waals surface area contributed by atoms with Crippen LogP contribution in [-0.4, -0.2) is 4.98 Å². The lowest BCUT2D eigenvalue weighted by atomic mass is 9.95. The molecule has 3 nitrogen and oxygen atoms in total. The first-order valence-corrected chi connectivity index (χ1v) is 6.26. The van der Waals surface area contributed by atoms with Gasteiger partial charge in [0.25, 0.3) is 0 Å². The molecule has 1 aromatic carbocycles. The number of rotatable bonds is 1. The van der Waals surface area contributed by atoms with E-state index in [0.717, 1.165) is 26.9 Å². The molecule has 2 aromatic rings. The molecule has 0 radical (unpaired) electrons. The maximum atomic E-state index is 9.26. The summed E-state index contributed by atoms with van der Waals surface area (Å²) in [5.41, 5.74) is 9.94. The lowest BCUT2D eigenvalue weighted by Crippen LogP contribution is -2.02. The summed E-state index contributed by atoms with van der Waals surface area (Å²) in [5, 5.41) is 9.26. The minimum absolute atomic E-state index is 0.288. The van der Waals surface area contributed by atoms with Gasteiger partial charge in [-0.15, -0.1) is 0 Å². The van der Waals surface area contributed by atoms with Gasteiger partial charge in [0.2, 0.25) is 0 Å². The van der Waals surface area contributed by atoms with Crippen molar-refractivity contribution in [3.63, 3.8) is 0 Å². The molecule has 1 heterocycles. The quantitative estimate of drug-likeness (QED) is 0.875. The van der Waals surface area contributed by atoms with Crippen LogP contribution in [0.1, 0.15) is 16.8 Å². The summed E-state index contributed by atoms with van der Waals surface area (Å²) in [6.45, 7) is 3.85. The molecule has 0 fully saturated rings. The molecule has 0 spiro atoms. The van der Waals surface area contributed by atoms with E-state index in [9.17, 15) is 5.26 Å². The Morgan fingerprint density at radius 2 is 2.06 bits per heavy atom. The molecular weight excluding hydrogens is 290 g/mol. The molecule has 0 aliphatic carbocycles. The SMILES string of the molecule is Cc1nc(N)c(C#N)c(-c2cccc(Br)c2)c1C. The zero-order valence-corrected chi connectivity index (χ0v) is 11.7. The molecule has 0 aliphatic heterocycles. The van der Waals surface area contributed by atoms with Gasteiger partial charge in [0.1, 0.15) is 17.5 Å². The Kier molecular flexibility index (Phi) is 3.35. The summed E-state index contributed by atoms with van der Waals surface area (Å²) in [5.74, 6) is 0.288. The first-order chi connectivity index (χ1) is 8.54. The molecule has 18 heavy (non-hydrogen) atoms. The maximum Gasteiger partial charge on any atom is 0.142 e. The molecule has 0 unspecified atom stereocenters. The Morgan fingerprint density at radius 1 is 1.33 bits per heavy atom. The zero-order chi connectivity index (χ0) is 13.3. The zero-order valence-electron chi connectivity index (χ0n) is 10.2. The summed E-state index contributed by atoms with van der Waals surface area (Å²) < 4.78 is 0.969. The summed E-state index contributed by atoms with van der Waals surface area (Å²) in [6.07, 6.45) is 0. The smallest absolute Gasteiger partial charge is 0.142 e. The van der Waals surface area contributed by atoms with Gasteiger partial charge in [0.05, 0.1) is 0 Å². The Hall–Kier alpha value is -1.86. The van der Waals surface area contributed by atoms with Gasteiger partial charge in [-0.3, -0.25) is 0 Å². The molecular formula is C14H12BrN3. The first-order valence-electron chi connectivity index (χ1n) is 5.47. The predicted molar refractivity (Wildman–Crippen MR) is 76.0 cm³/mol. The third kappa shape index (κ3) is 2.09. The number of nitrogens with two attached hydrogens (primary N) is 1. The average molecular weight is 302 g/mol. The lowest BCUT2D eigenvalue weighted by Gasteiger charge is -2.12. The monoisotopic (exact) mass is 301 g/mol. The van der Waals surface area contributed by atoms with Crippen LogP contribution >= 0.6 is 15.9 Å². The van der Waals surface area contributed by atoms with E-state index in [1.165, 1.54) is 0 Å². The van der Waals surface area contributed by atoms with Gasteiger partial charge in [0.15, 0.2) is 0 Å². The third-order valence-electron chi connectivity index (χ3n) is 2.94. The standard InChI is InChI=1S/C14H12BrN3/c1-8-9(2)18-14(17)12(7-16)13(8)10-4-3-5-11(15)6-10/h3-6H,1-2H3,(H2,17,18). The second kappa shape index (κ2) is 4.79. The fraction of sp³-hybridized carbons (Fsp3) is 0.143. The maximum absolute atomic E-state index is 9.26. The van der Waals surface area contributed by atoms with Crippen LogP contribution in [-0.2, 0) is 0 Å². The number of hydrogen-bond donors (Lipinski definition) is 1. The third-order valence-corrected chi connectivity index (χ3v) is 3.43. The van der Waals surface area contributed by atoms with Gasteiger partial charge in [-0.05, 0) is 37.1 Å². The minimum Gasteiger partial charge on any atom is -0.383 e. The molecule has 0 amide bonds. The highest BCUT2D eigenvalue weighted by atomic mass is 79.9. The first kappa shape index (κ1) is 12.6. The number of hydrogen-bond acceptors (Lipinski definition) is 3. The van der Waals surface area contributed by atoms with Gasteiger partial charge in [-0.1, -0.05) is 28.1 Å². The molecule has 2 rings (SSSR count). The molecule has 0 bridgehead atoms. The fourth-order valence-electron chi connectivity index (χ4n) is 1.93. The number of nitrogen functional groups attached to an aromatic ring is 1. The number of halogens is 1. The van der Waals surface area contributed by atoms with E-state index in [4.69, 9.17) is 5.73 Å². The Morgan fingerprint density at radius 3 is 2.67 bits per heavy atom. The molecule has 2 N–H and O–H groups in total. The van der Waals surface area contributed by atoms with Crippen LogP contribution in [0, 0.1) is 25.2 Å². The van der Waals surface area contributed by atoms with Crippen molar-refractivity contribution in [2.24, 2.45) is 0 Å². The van der Waals surface area contributed by atoms with E-state index in [0.29, 0.717) is 5.56 Å². The minimum atomic E-state index is 0.288. The van der Waals surface area contributed by atoms with Crippen molar-refractivity contribution >= 4 is 21.7 Å². The second-order valence-corrected chi connectivity index (χ2v) is 5.00. The van der Waals surface area contributed by atoms with Crippen molar-refractivity contribution in [2.75, 3.05) is 5.73 Å². The van der Waals surface area contributed by atoms with Crippen molar-refractivity contribution in [1.82, 2.24) is 4.98 Å². The topological polar surface area (TPSA) is 62.7 Å². The highest BCUT2D eigenvalue weighted by Crippen LogP contribution is 2.32. The van der Waals surface area contributed by atoms with Crippen LogP contribution in [0.2, 0.25) is 0 Å². The summed E-state index contributed by atoms with van der Waals surface area (Å²) in [6, 6.07) is 9.97. The number of pyridine rings is 1. The normalized spacial score (nSPS) is 10.1. The summed E-state index contributed by atoms with van der Waals surface area (Å²) in [4.78, 5) is 4.20. The Labute approximate surface area is 114 Å². The van der Waals surface area contributed by atoms with E-state index < -0.39 is 0 Å². The van der Waals surface area contributed by atoms with Crippen LogP contribution < -0.4 is 5.73 Å². The molecule has 4 heteroatoms. The number of nitrogens with zero attached hydrogens (tertiary/aromatic N) is 2. The van der Waals surface area contributed by atoms with Crippen molar-refractivity contribution in [3.8, 4) is 17.2 Å². The summed E-state index contributed by atoms with van der Waals surface area (Å²) in [7, 11) is 0. The lowest BCUT2D eigenvalue weighted by molar-refractivity contribution is 1.15. The molecule has 1 aromatic heterocycles. The molecule has 0 atom stereocenters. The van der Waals surface area contributed by atoms with Gasteiger partial charge in [0, 0.05) is 15.7 Å². The van der Waals surface area contributed by atoms with E-state index in [1.54, 1.807) is 0 Å². The van der Waals surface area contributed by atoms with E-state index >= 15 is 0 Å². The number of benzene rings is 1. The van der Waals surface area contributed by atoms with Gasteiger partial charge in [-0.25, -0.2) is 4.98 Å². The summed E-state index contributed by atoms with van der Waals surface area (Å²) >= 11 is 3.44. The highest BCUT2D eigenvalue weighted by molar-refractivity contribution is 9.10. The number of aryl methyl sites for hydroxylation is 1. The van der Waals surface area contributed by atoms with Crippen LogP contribution in [0.25, 0.3) is 11.1 Å².